The summed E-state index contributed by atoms with van der Waals surface area (Å²) in [5.74, 6) is 2.86. The minimum absolute atomic E-state index is 0.0485. The maximum Gasteiger partial charge on any atom is 0.195 e. The van der Waals surface area contributed by atoms with Gasteiger partial charge < -0.3 is 18.9 Å². The molecule has 4 aromatic carbocycles. The molecular formula is C45H50N2O5S. The number of hydrogen-bond donors (Lipinski definition) is 0. The highest BCUT2D eigenvalue weighted by Gasteiger charge is 2.34. The van der Waals surface area contributed by atoms with Crippen molar-refractivity contribution < 1.29 is 23.7 Å². The van der Waals surface area contributed by atoms with Crippen LogP contribution in [0.25, 0.3) is 20.5 Å². The van der Waals surface area contributed by atoms with Crippen LogP contribution in [-0.2, 0) is 6.61 Å². The zero-order valence-electron chi connectivity index (χ0n) is 30.8. The van der Waals surface area contributed by atoms with Gasteiger partial charge in [0.15, 0.2) is 17.3 Å². The summed E-state index contributed by atoms with van der Waals surface area (Å²) in [5, 5.41) is 0.906. The smallest absolute Gasteiger partial charge is 0.195 e. The highest BCUT2D eigenvalue weighted by Crippen LogP contribution is 2.43. The highest BCUT2D eigenvalue weighted by atomic mass is 32.1. The molecule has 0 amide bonds. The molecule has 0 bridgehead atoms. The zero-order valence-corrected chi connectivity index (χ0v) is 31.6. The molecule has 3 aliphatic rings. The molecule has 3 fully saturated rings. The first-order valence-electron chi connectivity index (χ1n) is 19.5. The van der Waals surface area contributed by atoms with Gasteiger partial charge in [0.1, 0.15) is 30.8 Å². The predicted molar refractivity (Wildman–Crippen MR) is 213 cm³/mol. The lowest BCUT2D eigenvalue weighted by Crippen LogP contribution is -2.46. The fraction of sp³-hybridized carbons (Fsp3) is 0.400. The number of nitrogens with zero attached hydrogens (tertiary/aromatic N) is 2. The van der Waals surface area contributed by atoms with E-state index in [9.17, 15) is 4.79 Å². The molecular weight excluding hydrogens is 681 g/mol. The first kappa shape index (κ1) is 35.6. The van der Waals surface area contributed by atoms with Gasteiger partial charge in [0.2, 0.25) is 0 Å². The Morgan fingerprint density at radius 3 is 2.30 bits per heavy atom. The second-order valence-corrected chi connectivity index (χ2v) is 15.7. The van der Waals surface area contributed by atoms with Crippen LogP contribution in [0.15, 0.2) is 91.0 Å². The van der Waals surface area contributed by atoms with Crippen molar-refractivity contribution in [1.29, 1.82) is 0 Å². The molecule has 0 spiro atoms. The van der Waals surface area contributed by atoms with E-state index in [1.807, 2.05) is 60.7 Å². The number of ether oxygens (including phenoxy) is 4. The predicted octanol–water partition coefficient (Wildman–Crippen LogP) is 9.65. The molecule has 2 saturated heterocycles. The third-order valence-corrected chi connectivity index (χ3v) is 12.3. The monoisotopic (exact) mass is 730 g/mol. The normalized spacial score (nSPS) is 19.4. The van der Waals surface area contributed by atoms with Gasteiger partial charge in [-0.1, -0.05) is 36.8 Å². The van der Waals surface area contributed by atoms with Crippen LogP contribution in [0.2, 0.25) is 0 Å². The van der Waals surface area contributed by atoms with Crippen LogP contribution >= 0.6 is 11.3 Å². The van der Waals surface area contributed by atoms with Gasteiger partial charge in [-0.3, -0.25) is 14.6 Å². The number of methoxy groups -OCH3 is 1. The molecule has 8 rings (SSSR count). The molecule has 3 heterocycles. The quantitative estimate of drug-likeness (QED) is 0.106. The van der Waals surface area contributed by atoms with Crippen molar-refractivity contribution in [2.75, 3.05) is 46.4 Å². The molecule has 7 nitrogen and oxygen atoms in total. The van der Waals surface area contributed by atoms with Gasteiger partial charge in [0.05, 0.1) is 7.11 Å². The van der Waals surface area contributed by atoms with Crippen LogP contribution in [0.4, 0.5) is 0 Å². The van der Waals surface area contributed by atoms with Gasteiger partial charge in [-0.15, -0.1) is 11.3 Å². The van der Waals surface area contributed by atoms with E-state index in [4.69, 9.17) is 18.9 Å². The Morgan fingerprint density at radius 1 is 0.755 bits per heavy atom. The number of ketones is 1. The molecule has 1 aliphatic carbocycles. The van der Waals surface area contributed by atoms with Crippen molar-refractivity contribution >= 4 is 27.2 Å². The second kappa shape index (κ2) is 16.8. The largest absolute Gasteiger partial charge is 0.493 e. The van der Waals surface area contributed by atoms with E-state index in [1.165, 1.54) is 44.9 Å². The maximum atomic E-state index is 14.7. The summed E-state index contributed by atoms with van der Waals surface area (Å²) in [6, 6.07) is 30.5. The van der Waals surface area contributed by atoms with Crippen molar-refractivity contribution in [3.63, 3.8) is 0 Å². The number of hydrogen-bond acceptors (Lipinski definition) is 8. The van der Waals surface area contributed by atoms with Crippen molar-refractivity contribution in [1.82, 2.24) is 9.80 Å². The van der Waals surface area contributed by atoms with Crippen molar-refractivity contribution in [3.8, 4) is 33.4 Å². The number of carbonyl (C=O) groups excluding carboxylic acids is 1. The Labute approximate surface area is 317 Å². The van der Waals surface area contributed by atoms with E-state index in [2.05, 4.69) is 40.1 Å². The summed E-state index contributed by atoms with van der Waals surface area (Å²) in [6.45, 7) is 6.71. The molecule has 2 atom stereocenters. The van der Waals surface area contributed by atoms with E-state index in [-0.39, 0.29) is 11.9 Å². The van der Waals surface area contributed by atoms with Gasteiger partial charge in [-0.2, -0.15) is 0 Å². The fourth-order valence-corrected chi connectivity index (χ4v) is 9.49. The summed E-state index contributed by atoms with van der Waals surface area (Å²) < 4.78 is 25.9. The van der Waals surface area contributed by atoms with Crippen LogP contribution in [0.1, 0.15) is 72.9 Å². The molecule has 2 unspecified atom stereocenters. The fourth-order valence-electron chi connectivity index (χ4n) is 8.26. The topological polar surface area (TPSA) is 60.5 Å². The Balaban J connectivity index is 1.07. The number of thiophene rings is 1. The Bertz CT molecular complexity index is 1980. The van der Waals surface area contributed by atoms with Crippen LogP contribution in [-0.4, -0.2) is 74.2 Å². The molecule has 8 heteroatoms. The Hall–Kier alpha value is -4.37. The van der Waals surface area contributed by atoms with Gasteiger partial charge in [-0.05, 0) is 143 Å². The SMILES string of the molecule is COc1cc(C(=O)c2c(-c3ccc(OCCN4CCCC4)cc3)sc3cc(OCc4ccccc4)ccc23)ccc1OC1CCCCC1N1CCCC1. The van der Waals surface area contributed by atoms with E-state index in [1.54, 1.807) is 18.4 Å². The average molecular weight is 731 g/mol. The van der Waals surface area contributed by atoms with Crippen LogP contribution < -0.4 is 18.9 Å². The molecule has 2 aliphatic heterocycles. The van der Waals surface area contributed by atoms with E-state index in [0.717, 1.165) is 76.7 Å². The van der Waals surface area contributed by atoms with E-state index < -0.39 is 0 Å². The van der Waals surface area contributed by atoms with Crippen molar-refractivity contribution in [2.45, 2.75) is 70.1 Å². The van der Waals surface area contributed by atoms with Gasteiger partial charge in [-0.25, -0.2) is 0 Å². The lowest BCUT2D eigenvalue weighted by Gasteiger charge is -2.38. The summed E-state index contributed by atoms with van der Waals surface area (Å²) in [7, 11) is 1.66. The maximum absolute atomic E-state index is 14.7. The van der Waals surface area contributed by atoms with Gasteiger partial charge in [0.25, 0.3) is 0 Å². The second-order valence-electron chi connectivity index (χ2n) is 14.6. The third-order valence-electron chi connectivity index (χ3n) is 11.1. The minimum atomic E-state index is -0.0485. The molecule has 0 N–H and O–H groups in total. The standard InChI is InChI=1S/C45H50N2O5S/c1-49-41-29-34(17-22-40(41)52-39-14-6-5-13-38(39)47-25-9-10-26-47)44(48)43-37-21-20-36(51-31-32-11-3-2-4-12-32)30-42(37)53-45(43)33-15-18-35(19-16-33)50-28-27-46-23-7-8-24-46/h2-4,11-12,15-22,29-30,38-39H,5-10,13-14,23-28,31H2,1H3. The van der Waals surface area contributed by atoms with Crippen LogP contribution in [0.3, 0.4) is 0 Å². The molecule has 1 aromatic heterocycles. The Kier molecular flexibility index (Phi) is 11.3. The van der Waals surface area contributed by atoms with E-state index in [0.29, 0.717) is 41.9 Å². The summed E-state index contributed by atoms with van der Waals surface area (Å²) in [4.78, 5) is 20.7. The third kappa shape index (κ3) is 8.25. The van der Waals surface area contributed by atoms with Crippen LogP contribution in [0.5, 0.6) is 23.0 Å². The number of likely N-dealkylation sites (tertiary alicyclic amines) is 2. The van der Waals surface area contributed by atoms with Gasteiger partial charge in [0, 0.05) is 38.7 Å². The highest BCUT2D eigenvalue weighted by molar-refractivity contribution is 7.22. The zero-order chi connectivity index (χ0) is 36.0. The first-order valence-corrected chi connectivity index (χ1v) is 20.3. The molecule has 276 valence electrons. The summed E-state index contributed by atoms with van der Waals surface area (Å²) >= 11 is 1.62. The molecule has 5 aromatic rings. The first-order chi connectivity index (χ1) is 26.1. The van der Waals surface area contributed by atoms with Crippen LogP contribution in [0, 0.1) is 0 Å². The average Bonchev–Trinajstić information content (AvgIpc) is 4.00. The minimum Gasteiger partial charge on any atom is -0.493 e. The number of benzene rings is 4. The molecule has 0 radical (unpaired) electrons. The number of carbonyl (C=O) groups is 1. The lowest BCUT2D eigenvalue weighted by atomic mass is 9.91. The molecule has 1 saturated carbocycles. The summed E-state index contributed by atoms with van der Waals surface area (Å²) in [6.07, 6.45) is 9.82. The van der Waals surface area contributed by atoms with E-state index >= 15 is 0 Å². The summed E-state index contributed by atoms with van der Waals surface area (Å²) in [5.41, 5.74) is 3.33. The lowest BCUT2D eigenvalue weighted by molar-refractivity contribution is 0.0468. The van der Waals surface area contributed by atoms with Gasteiger partial charge >= 0.3 is 0 Å². The van der Waals surface area contributed by atoms with Crippen molar-refractivity contribution in [3.05, 3.63) is 108 Å². The number of fused-ring (bicyclic) bond motifs is 1. The van der Waals surface area contributed by atoms with Crippen molar-refractivity contribution in [2.24, 2.45) is 0 Å². The Morgan fingerprint density at radius 2 is 1.51 bits per heavy atom. The molecule has 53 heavy (non-hydrogen) atoms. The number of rotatable bonds is 14.